The van der Waals surface area contributed by atoms with Crippen LogP contribution in [0.5, 0.6) is 0 Å². The first kappa shape index (κ1) is 16.2. The Kier molecular flexibility index (Phi) is 6.12. The van der Waals surface area contributed by atoms with Crippen LogP contribution in [0, 0.1) is 0 Å². The molecule has 0 aliphatic rings. The summed E-state index contributed by atoms with van der Waals surface area (Å²) in [5, 5.41) is 9.94. The summed E-state index contributed by atoms with van der Waals surface area (Å²) in [4.78, 5) is 12.2. The molecule has 2 rings (SSSR count). The lowest BCUT2D eigenvalue weighted by Gasteiger charge is -2.14. The normalized spacial score (nSPS) is 12.1. The van der Waals surface area contributed by atoms with Crippen LogP contribution in [-0.4, -0.2) is 35.9 Å². The van der Waals surface area contributed by atoms with Crippen molar-refractivity contribution < 1.29 is 9.53 Å². The first-order chi connectivity index (χ1) is 10.7. The fourth-order valence-electron chi connectivity index (χ4n) is 2.15. The second kappa shape index (κ2) is 8.31. The van der Waals surface area contributed by atoms with E-state index in [0.29, 0.717) is 19.8 Å². The van der Waals surface area contributed by atoms with Crippen molar-refractivity contribution in [3.05, 3.63) is 53.9 Å². The Bertz CT molecular complexity index is 583. The highest BCUT2D eigenvalue weighted by molar-refractivity contribution is 5.82. The van der Waals surface area contributed by atoms with Gasteiger partial charge in [0.1, 0.15) is 6.04 Å². The molecule has 0 saturated carbocycles. The molecule has 1 atom stereocenters. The van der Waals surface area contributed by atoms with Crippen LogP contribution in [0.25, 0.3) is 0 Å². The highest BCUT2D eigenvalue weighted by Crippen LogP contribution is 2.10. The van der Waals surface area contributed by atoms with E-state index in [4.69, 9.17) is 4.74 Å². The zero-order chi connectivity index (χ0) is 15.8. The number of amides is 1. The molecule has 118 valence electrons. The van der Waals surface area contributed by atoms with Crippen LogP contribution in [0.2, 0.25) is 0 Å². The Balaban J connectivity index is 1.70. The predicted octanol–water partition coefficient (Wildman–Crippen LogP) is 1.01. The van der Waals surface area contributed by atoms with Gasteiger partial charge in [-0.2, -0.15) is 5.10 Å². The SMILES string of the molecule is CNC(C(=O)NCCOCc1ccccc1)c1cnn(C)c1. The van der Waals surface area contributed by atoms with E-state index >= 15 is 0 Å². The molecular weight excluding hydrogens is 280 g/mol. The van der Waals surface area contributed by atoms with Crippen molar-refractivity contribution in [2.24, 2.45) is 7.05 Å². The van der Waals surface area contributed by atoms with Gasteiger partial charge in [-0.25, -0.2) is 0 Å². The minimum Gasteiger partial charge on any atom is -0.375 e. The summed E-state index contributed by atoms with van der Waals surface area (Å²) in [6, 6.07) is 9.55. The van der Waals surface area contributed by atoms with Crippen molar-refractivity contribution in [1.29, 1.82) is 0 Å². The van der Waals surface area contributed by atoms with Gasteiger partial charge in [0.15, 0.2) is 0 Å². The minimum atomic E-state index is -0.400. The summed E-state index contributed by atoms with van der Waals surface area (Å²) >= 11 is 0. The lowest BCUT2D eigenvalue weighted by molar-refractivity contribution is -0.123. The molecule has 2 N–H and O–H groups in total. The van der Waals surface area contributed by atoms with Gasteiger partial charge in [-0.05, 0) is 12.6 Å². The number of nitrogens with zero attached hydrogens (tertiary/aromatic N) is 2. The molecule has 1 aromatic carbocycles. The zero-order valence-corrected chi connectivity index (χ0v) is 13.0. The van der Waals surface area contributed by atoms with Gasteiger partial charge in [-0.15, -0.1) is 0 Å². The second-order valence-corrected chi connectivity index (χ2v) is 5.00. The topological polar surface area (TPSA) is 68.2 Å². The maximum atomic E-state index is 12.2. The van der Waals surface area contributed by atoms with Crippen molar-refractivity contribution in [2.75, 3.05) is 20.2 Å². The summed E-state index contributed by atoms with van der Waals surface area (Å²) in [5.74, 6) is -0.0844. The average Bonchev–Trinajstić information content (AvgIpc) is 2.95. The lowest BCUT2D eigenvalue weighted by atomic mass is 10.1. The summed E-state index contributed by atoms with van der Waals surface area (Å²) in [6.07, 6.45) is 3.51. The number of likely N-dealkylation sites (N-methyl/N-ethyl adjacent to an activating group) is 1. The minimum absolute atomic E-state index is 0.0844. The highest BCUT2D eigenvalue weighted by Gasteiger charge is 2.19. The van der Waals surface area contributed by atoms with Crippen LogP contribution in [0.15, 0.2) is 42.7 Å². The number of benzene rings is 1. The summed E-state index contributed by atoms with van der Waals surface area (Å²) < 4.78 is 7.22. The largest absolute Gasteiger partial charge is 0.375 e. The Labute approximate surface area is 130 Å². The van der Waals surface area contributed by atoms with E-state index in [0.717, 1.165) is 11.1 Å². The van der Waals surface area contributed by atoms with E-state index in [1.807, 2.05) is 43.6 Å². The molecule has 0 fully saturated rings. The number of carbonyl (C=O) groups excluding carboxylic acids is 1. The van der Waals surface area contributed by atoms with Gasteiger partial charge < -0.3 is 15.4 Å². The van der Waals surface area contributed by atoms with E-state index in [-0.39, 0.29) is 5.91 Å². The van der Waals surface area contributed by atoms with E-state index < -0.39 is 6.04 Å². The van der Waals surface area contributed by atoms with Gasteiger partial charge in [0.2, 0.25) is 5.91 Å². The molecule has 0 spiro atoms. The van der Waals surface area contributed by atoms with Crippen LogP contribution in [0.1, 0.15) is 17.2 Å². The maximum absolute atomic E-state index is 12.2. The van der Waals surface area contributed by atoms with Crippen molar-refractivity contribution in [3.8, 4) is 0 Å². The first-order valence-electron chi connectivity index (χ1n) is 7.26. The van der Waals surface area contributed by atoms with E-state index in [2.05, 4.69) is 15.7 Å². The van der Waals surface area contributed by atoms with Crippen molar-refractivity contribution in [3.63, 3.8) is 0 Å². The summed E-state index contributed by atoms with van der Waals surface area (Å²) in [6.45, 7) is 1.50. The van der Waals surface area contributed by atoms with Gasteiger partial charge in [-0.1, -0.05) is 30.3 Å². The molecule has 1 unspecified atom stereocenters. The molecule has 1 heterocycles. The number of carbonyl (C=O) groups is 1. The standard InChI is InChI=1S/C16H22N4O2/c1-17-15(14-10-19-20(2)11-14)16(21)18-8-9-22-12-13-6-4-3-5-7-13/h3-7,10-11,15,17H,8-9,12H2,1-2H3,(H,18,21). The van der Waals surface area contributed by atoms with Crippen LogP contribution >= 0.6 is 0 Å². The third-order valence-electron chi connectivity index (χ3n) is 3.27. The predicted molar refractivity (Wildman–Crippen MR) is 84.1 cm³/mol. The monoisotopic (exact) mass is 302 g/mol. The summed E-state index contributed by atoms with van der Waals surface area (Å²) in [7, 11) is 3.58. The average molecular weight is 302 g/mol. The fourth-order valence-corrected chi connectivity index (χ4v) is 2.15. The summed E-state index contributed by atoms with van der Waals surface area (Å²) in [5.41, 5.74) is 1.96. The molecule has 0 bridgehead atoms. The maximum Gasteiger partial charge on any atom is 0.241 e. The number of ether oxygens (including phenoxy) is 1. The number of hydrogen-bond donors (Lipinski definition) is 2. The molecule has 0 radical (unpaired) electrons. The molecular formula is C16H22N4O2. The van der Waals surface area contributed by atoms with Crippen molar-refractivity contribution >= 4 is 5.91 Å². The zero-order valence-electron chi connectivity index (χ0n) is 13.0. The van der Waals surface area contributed by atoms with Crippen molar-refractivity contribution in [1.82, 2.24) is 20.4 Å². The van der Waals surface area contributed by atoms with E-state index in [1.54, 1.807) is 17.9 Å². The van der Waals surface area contributed by atoms with Gasteiger partial charge in [0, 0.05) is 25.4 Å². The van der Waals surface area contributed by atoms with E-state index in [9.17, 15) is 4.79 Å². The molecule has 0 aliphatic heterocycles. The Morgan fingerprint density at radius 3 is 2.77 bits per heavy atom. The molecule has 0 aliphatic carbocycles. The Morgan fingerprint density at radius 1 is 1.36 bits per heavy atom. The van der Waals surface area contributed by atoms with Crippen LogP contribution < -0.4 is 10.6 Å². The molecule has 0 saturated heterocycles. The molecule has 6 nitrogen and oxygen atoms in total. The van der Waals surface area contributed by atoms with Gasteiger partial charge in [0.25, 0.3) is 0 Å². The number of nitrogens with one attached hydrogen (secondary N) is 2. The molecule has 1 amide bonds. The second-order valence-electron chi connectivity index (χ2n) is 5.00. The third kappa shape index (κ3) is 4.68. The number of hydrogen-bond acceptors (Lipinski definition) is 4. The number of aromatic nitrogens is 2. The van der Waals surface area contributed by atoms with Crippen molar-refractivity contribution in [2.45, 2.75) is 12.6 Å². The molecule has 2 aromatic rings. The quantitative estimate of drug-likeness (QED) is 0.714. The van der Waals surface area contributed by atoms with Crippen LogP contribution in [0.3, 0.4) is 0 Å². The number of rotatable bonds is 8. The molecule has 6 heteroatoms. The smallest absolute Gasteiger partial charge is 0.241 e. The van der Waals surface area contributed by atoms with Gasteiger partial charge >= 0.3 is 0 Å². The molecule has 22 heavy (non-hydrogen) atoms. The van der Waals surface area contributed by atoms with E-state index in [1.165, 1.54) is 0 Å². The van der Waals surface area contributed by atoms with Gasteiger partial charge in [-0.3, -0.25) is 9.48 Å². The third-order valence-corrected chi connectivity index (χ3v) is 3.27. The highest BCUT2D eigenvalue weighted by atomic mass is 16.5. The Hall–Kier alpha value is -2.18. The molecule has 1 aromatic heterocycles. The van der Waals surface area contributed by atoms with Gasteiger partial charge in [0.05, 0.1) is 19.4 Å². The fraction of sp³-hybridized carbons (Fsp3) is 0.375. The lowest BCUT2D eigenvalue weighted by Crippen LogP contribution is -2.37. The first-order valence-corrected chi connectivity index (χ1v) is 7.26. The van der Waals surface area contributed by atoms with Crippen LogP contribution in [0.4, 0.5) is 0 Å². The number of aryl methyl sites for hydroxylation is 1. The Morgan fingerprint density at radius 2 is 2.14 bits per heavy atom. The van der Waals surface area contributed by atoms with Crippen LogP contribution in [-0.2, 0) is 23.2 Å².